The Labute approximate surface area is 118 Å². The van der Waals surface area contributed by atoms with Crippen molar-refractivity contribution in [1.82, 2.24) is 9.78 Å². The quantitative estimate of drug-likeness (QED) is 0.866. The first-order valence-electron chi connectivity index (χ1n) is 7.55. The summed E-state index contributed by atoms with van der Waals surface area (Å²) in [6, 6.07) is 0. The molecule has 0 atom stereocenters. The van der Waals surface area contributed by atoms with E-state index in [0.29, 0.717) is 5.82 Å². The summed E-state index contributed by atoms with van der Waals surface area (Å²) in [5.74, 6) is 1.67. The van der Waals surface area contributed by atoms with Crippen LogP contribution in [-0.2, 0) is 12.5 Å². The van der Waals surface area contributed by atoms with Crippen LogP contribution in [0.5, 0.6) is 0 Å². The van der Waals surface area contributed by atoms with Gasteiger partial charge in [0.1, 0.15) is 11.4 Å². The number of nitrogens with two attached hydrogens (primary N) is 1. The average molecular weight is 275 g/mol. The third-order valence-corrected chi connectivity index (χ3v) is 5.85. The van der Waals surface area contributed by atoms with Crippen LogP contribution in [0.3, 0.4) is 0 Å². The number of rotatable bonds is 2. The summed E-state index contributed by atoms with van der Waals surface area (Å²) in [6.07, 6.45) is 7.33. The van der Waals surface area contributed by atoms with E-state index in [-0.39, 0.29) is 11.0 Å². The lowest BCUT2D eigenvalue weighted by molar-refractivity contribution is -0.00802. The summed E-state index contributed by atoms with van der Waals surface area (Å²) in [5, 5.41) is 14.1. The van der Waals surface area contributed by atoms with E-state index in [1.54, 1.807) is 7.05 Å². The Morgan fingerprint density at radius 3 is 2.20 bits per heavy atom. The number of carboxylic acids is 1. The number of hydrogen-bond acceptors (Lipinski definition) is 3. The Morgan fingerprint density at radius 1 is 1.25 bits per heavy atom. The van der Waals surface area contributed by atoms with Gasteiger partial charge in [0.2, 0.25) is 0 Å². The predicted molar refractivity (Wildman–Crippen MR) is 74.4 cm³/mol. The first kappa shape index (κ1) is 12.2. The summed E-state index contributed by atoms with van der Waals surface area (Å²) in [5.41, 5.74) is 6.95. The molecule has 0 saturated heterocycles. The monoisotopic (exact) mass is 275 g/mol. The van der Waals surface area contributed by atoms with Crippen LogP contribution in [0.4, 0.5) is 5.82 Å². The van der Waals surface area contributed by atoms with Crippen molar-refractivity contribution in [2.45, 2.75) is 43.9 Å². The summed E-state index contributed by atoms with van der Waals surface area (Å²) in [7, 11) is 1.74. The number of carbonyl (C=O) groups is 1. The highest BCUT2D eigenvalue weighted by Gasteiger charge is 2.54. The van der Waals surface area contributed by atoms with E-state index in [9.17, 15) is 9.90 Å². The largest absolute Gasteiger partial charge is 0.477 e. The molecule has 5 rings (SSSR count). The molecule has 108 valence electrons. The Bertz CT molecular complexity index is 555. The lowest BCUT2D eigenvalue weighted by atomic mass is 9.48. The zero-order valence-corrected chi connectivity index (χ0v) is 11.8. The van der Waals surface area contributed by atoms with E-state index in [0.717, 1.165) is 42.7 Å². The van der Waals surface area contributed by atoms with Crippen molar-refractivity contribution in [3.8, 4) is 0 Å². The summed E-state index contributed by atoms with van der Waals surface area (Å²) >= 11 is 0. The van der Waals surface area contributed by atoms with Gasteiger partial charge in [0, 0.05) is 12.5 Å². The third-order valence-electron chi connectivity index (χ3n) is 5.85. The number of carboxylic acid groups (broad SMARTS) is 1. The molecule has 1 aromatic rings. The molecule has 1 heterocycles. The van der Waals surface area contributed by atoms with E-state index in [4.69, 9.17) is 5.73 Å². The number of nitrogen functional groups attached to an aromatic ring is 1. The molecule has 4 fully saturated rings. The van der Waals surface area contributed by atoms with Gasteiger partial charge in [-0.15, -0.1) is 0 Å². The number of aromatic carboxylic acids is 1. The lowest BCUT2D eigenvalue weighted by Gasteiger charge is -2.56. The van der Waals surface area contributed by atoms with Gasteiger partial charge in [-0.3, -0.25) is 4.68 Å². The van der Waals surface area contributed by atoms with Crippen LogP contribution in [0.2, 0.25) is 0 Å². The molecule has 0 aromatic carbocycles. The number of hydrogen-bond donors (Lipinski definition) is 2. The van der Waals surface area contributed by atoms with Gasteiger partial charge < -0.3 is 10.8 Å². The van der Waals surface area contributed by atoms with Crippen molar-refractivity contribution in [2.24, 2.45) is 24.8 Å². The van der Waals surface area contributed by atoms with Gasteiger partial charge in [0.15, 0.2) is 0 Å². The van der Waals surface area contributed by atoms with Crippen molar-refractivity contribution in [3.05, 3.63) is 11.3 Å². The Hall–Kier alpha value is -1.52. The van der Waals surface area contributed by atoms with Crippen LogP contribution >= 0.6 is 0 Å². The molecule has 3 N–H and O–H groups in total. The second kappa shape index (κ2) is 3.77. The van der Waals surface area contributed by atoms with E-state index < -0.39 is 5.97 Å². The molecule has 0 amide bonds. The number of anilines is 1. The van der Waals surface area contributed by atoms with Gasteiger partial charge in [-0.25, -0.2) is 4.79 Å². The number of aromatic nitrogens is 2. The van der Waals surface area contributed by atoms with Gasteiger partial charge in [0.05, 0.1) is 5.69 Å². The minimum absolute atomic E-state index is 0.0160. The molecule has 5 heteroatoms. The summed E-state index contributed by atoms with van der Waals surface area (Å²) in [6.45, 7) is 0. The molecular formula is C15H21N3O2. The van der Waals surface area contributed by atoms with Gasteiger partial charge >= 0.3 is 5.97 Å². The Morgan fingerprint density at radius 2 is 1.75 bits per heavy atom. The summed E-state index contributed by atoms with van der Waals surface area (Å²) < 4.78 is 1.54. The zero-order valence-electron chi connectivity index (χ0n) is 11.8. The standard InChI is InChI=1S/C15H21N3O2/c1-18-13(16)11(14(19)20)12(17-18)15-5-8-2-9(6-15)4-10(3-8)7-15/h8-10H,2-7,16H2,1H3,(H,19,20). The van der Waals surface area contributed by atoms with Crippen molar-refractivity contribution in [2.75, 3.05) is 5.73 Å². The second-order valence-corrected chi connectivity index (χ2v) is 7.24. The zero-order chi connectivity index (χ0) is 14.1. The van der Waals surface area contributed by atoms with E-state index in [1.807, 2.05) is 0 Å². The number of nitrogens with zero attached hydrogens (tertiary/aromatic N) is 2. The molecular weight excluding hydrogens is 254 g/mol. The third kappa shape index (κ3) is 1.49. The van der Waals surface area contributed by atoms with E-state index in [1.165, 1.54) is 23.9 Å². The summed E-state index contributed by atoms with van der Waals surface area (Å²) in [4.78, 5) is 11.6. The first-order valence-corrected chi connectivity index (χ1v) is 7.55. The average Bonchev–Trinajstić information content (AvgIpc) is 2.65. The van der Waals surface area contributed by atoms with Crippen LogP contribution < -0.4 is 5.73 Å². The molecule has 0 unspecified atom stereocenters. The molecule has 0 aliphatic heterocycles. The van der Waals surface area contributed by atoms with Crippen molar-refractivity contribution < 1.29 is 9.90 Å². The normalized spacial score (nSPS) is 38.4. The fourth-order valence-electron chi connectivity index (χ4n) is 5.52. The van der Waals surface area contributed by atoms with Crippen molar-refractivity contribution in [3.63, 3.8) is 0 Å². The topological polar surface area (TPSA) is 81.1 Å². The first-order chi connectivity index (χ1) is 9.48. The molecule has 0 radical (unpaired) electrons. The highest BCUT2D eigenvalue weighted by atomic mass is 16.4. The Balaban J connectivity index is 1.85. The van der Waals surface area contributed by atoms with Gasteiger partial charge in [-0.2, -0.15) is 5.10 Å². The smallest absolute Gasteiger partial charge is 0.341 e. The Kier molecular flexibility index (Phi) is 2.31. The molecule has 1 aromatic heterocycles. The SMILES string of the molecule is Cn1nc(C23CC4CC(CC(C4)C2)C3)c(C(=O)O)c1N. The van der Waals surface area contributed by atoms with E-state index in [2.05, 4.69) is 5.10 Å². The molecule has 20 heavy (non-hydrogen) atoms. The van der Waals surface area contributed by atoms with Crippen molar-refractivity contribution in [1.29, 1.82) is 0 Å². The molecule has 4 bridgehead atoms. The van der Waals surface area contributed by atoms with Crippen LogP contribution in [0.25, 0.3) is 0 Å². The molecule has 4 aliphatic rings. The van der Waals surface area contributed by atoms with Gasteiger partial charge in [0.25, 0.3) is 0 Å². The number of aryl methyl sites for hydroxylation is 1. The maximum Gasteiger partial charge on any atom is 0.341 e. The molecule has 0 spiro atoms. The maximum absolute atomic E-state index is 11.6. The lowest BCUT2D eigenvalue weighted by Crippen LogP contribution is -2.49. The fraction of sp³-hybridized carbons (Fsp3) is 0.733. The second-order valence-electron chi connectivity index (χ2n) is 7.24. The highest BCUT2D eigenvalue weighted by Crippen LogP contribution is 2.61. The highest BCUT2D eigenvalue weighted by molar-refractivity contribution is 5.94. The van der Waals surface area contributed by atoms with E-state index >= 15 is 0 Å². The maximum atomic E-state index is 11.6. The fourth-order valence-corrected chi connectivity index (χ4v) is 5.52. The van der Waals surface area contributed by atoms with Crippen LogP contribution in [0.1, 0.15) is 54.6 Å². The van der Waals surface area contributed by atoms with Crippen molar-refractivity contribution >= 4 is 11.8 Å². The predicted octanol–water partition coefficient (Wildman–Crippen LogP) is 2.17. The van der Waals surface area contributed by atoms with Crippen LogP contribution in [0.15, 0.2) is 0 Å². The van der Waals surface area contributed by atoms with Gasteiger partial charge in [-0.05, 0) is 56.3 Å². The molecule has 4 aliphatic carbocycles. The minimum atomic E-state index is -0.929. The van der Waals surface area contributed by atoms with Gasteiger partial charge in [-0.1, -0.05) is 0 Å². The van der Waals surface area contributed by atoms with Crippen LogP contribution in [0, 0.1) is 17.8 Å². The van der Waals surface area contributed by atoms with Crippen LogP contribution in [-0.4, -0.2) is 20.9 Å². The molecule has 4 saturated carbocycles. The molecule has 5 nitrogen and oxygen atoms in total. The minimum Gasteiger partial charge on any atom is -0.477 e.